The van der Waals surface area contributed by atoms with Crippen LogP contribution in [0.15, 0.2) is 48.5 Å². The summed E-state index contributed by atoms with van der Waals surface area (Å²) in [7, 11) is 0. The number of ether oxygens (including phenoxy) is 2. The van der Waals surface area contributed by atoms with Gasteiger partial charge in [-0.2, -0.15) is 0 Å². The van der Waals surface area contributed by atoms with E-state index in [0.717, 1.165) is 0 Å². The van der Waals surface area contributed by atoms with E-state index in [0.29, 0.717) is 17.0 Å². The average Bonchev–Trinajstić information content (AvgIpc) is 2.72. The minimum atomic E-state index is -1.00. The summed E-state index contributed by atoms with van der Waals surface area (Å²) >= 11 is 0. The summed E-state index contributed by atoms with van der Waals surface area (Å²) in [6, 6.07) is 12.3. The molecule has 8 heteroatoms. The van der Waals surface area contributed by atoms with Gasteiger partial charge in [0.15, 0.2) is 12.7 Å². The van der Waals surface area contributed by atoms with Gasteiger partial charge in [-0.3, -0.25) is 14.4 Å². The molecule has 0 saturated heterocycles. The zero-order valence-corrected chi connectivity index (χ0v) is 17.0. The van der Waals surface area contributed by atoms with E-state index in [9.17, 15) is 19.2 Å². The van der Waals surface area contributed by atoms with E-state index in [2.05, 4.69) is 5.32 Å². The molecule has 3 N–H and O–H groups in total. The Bertz CT molecular complexity index is 920. The van der Waals surface area contributed by atoms with Crippen molar-refractivity contribution in [2.45, 2.75) is 26.9 Å². The molecule has 0 bridgehead atoms. The molecule has 0 aliphatic carbocycles. The molecule has 0 fully saturated rings. The Hall–Kier alpha value is -3.68. The van der Waals surface area contributed by atoms with Gasteiger partial charge < -0.3 is 20.5 Å². The van der Waals surface area contributed by atoms with Crippen LogP contribution in [0.5, 0.6) is 5.75 Å². The third-order valence-electron chi connectivity index (χ3n) is 4.09. The van der Waals surface area contributed by atoms with Crippen LogP contribution in [0, 0.1) is 5.92 Å². The molecule has 8 nitrogen and oxygen atoms in total. The molecule has 2 aromatic carbocycles. The van der Waals surface area contributed by atoms with Gasteiger partial charge in [0.25, 0.3) is 5.91 Å². The van der Waals surface area contributed by atoms with Crippen molar-refractivity contribution in [3.05, 3.63) is 59.7 Å². The van der Waals surface area contributed by atoms with Crippen molar-refractivity contribution in [2.75, 3.05) is 11.9 Å². The summed E-state index contributed by atoms with van der Waals surface area (Å²) < 4.78 is 10.4. The summed E-state index contributed by atoms with van der Waals surface area (Å²) in [5.74, 6) is -1.55. The molecule has 2 aromatic rings. The fourth-order valence-corrected chi connectivity index (χ4v) is 2.36. The predicted molar refractivity (Wildman–Crippen MR) is 110 cm³/mol. The maximum atomic E-state index is 12.5. The maximum absolute atomic E-state index is 12.5. The molecule has 0 radical (unpaired) electrons. The SMILES string of the molecule is CC(C)C(=O)Nc1ccc(C(=O)[C@H](C)OC(=O)c2ccc(OCC(N)=O)cc2)cc1. The fraction of sp³-hybridized carbons (Fsp3) is 0.273. The number of carbonyl (C=O) groups is 4. The number of ketones is 1. The number of nitrogens with one attached hydrogen (secondary N) is 1. The number of carbonyl (C=O) groups excluding carboxylic acids is 4. The molecule has 30 heavy (non-hydrogen) atoms. The lowest BCUT2D eigenvalue weighted by molar-refractivity contribution is -0.120. The van der Waals surface area contributed by atoms with Crippen LogP contribution >= 0.6 is 0 Å². The smallest absolute Gasteiger partial charge is 0.338 e. The molecule has 2 amide bonds. The molecule has 0 saturated carbocycles. The van der Waals surface area contributed by atoms with E-state index in [1.807, 2.05) is 0 Å². The lowest BCUT2D eigenvalue weighted by Crippen LogP contribution is -2.24. The highest BCUT2D eigenvalue weighted by molar-refractivity contribution is 6.02. The van der Waals surface area contributed by atoms with E-state index in [-0.39, 0.29) is 29.8 Å². The second-order valence-electron chi connectivity index (χ2n) is 6.91. The van der Waals surface area contributed by atoms with Gasteiger partial charge in [-0.15, -0.1) is 0 Å². The van der Waals surface area contributed by atoms with Gasteiger partial charge in [-0.25, -0.2) is 4.79 Å². The fourth-order valence-electron chi connectivity index (χ4n) is 2.36. The van der Waals surface area contributed by atoms with E-state index in [4.69, 9.17) is 15.2 Å². The molecule has 0 unspecified atom stereocenters. The standard InChI is InChI=1S/C22H24N2O6/c1-13(2)21(27)24-17-8-4-15(5-9-17)20(26)14(3)30-22(28)16-6-10-18(11-7-16)29-12-19(23)25/h4-11,13-14H,12H2,1-3H3,(H2,23,25)(H,24,27)/t14-/m0/s1. The highest BCUT2D eigenvalue weighted by Gasteiger charge is 2.20. The molecular formula is C22H24N2O6. The van der Waals surface area contributed by atoms with Crippen LogP contribution in [-0.2, 0) is 14.3 Å². The van der Waals surface area contributed by atoms with Gasteiger partial charge in [0, 0.05) is 17.2 Å². The predicted octanol–water partition coefficient (Wildman–Crippen LogP) is 2.57. The number of hydrogen-bond acceptors (Lipinski definition) is 6. The molecule has 0 spiro atoms. The zero-order valence-electron chi connectivity index (χ0n) is 17.0. The monoisotopic (exact) mass is 412 g/mol. The third-order valence-corrected chi connectivity index (χ3v) is 4.09. The number of rotatable bonds is 9. The first-order valence-corrected chi connectivity index (χ1v) is 9.34. The molecule has 1 atom stereocenters. The molecule has 0 aliphatic rings. The van der Waals surface area contributed by atoms with E-state index < -0.39 is 18.0 Å². The van der Waals surface area contributed by atoms with Gasteiger partial charge in [0.2, 0.25) is 11.7 Å². The second kappa shape index (κ2) is 10.2. The van der Waals surface area contributed by atoms with Crippen LogP contribution in [0.4, 0.5) is 5.69 Å². The first kappa shape index (κ1) is 22.6. The third kappa shape index (κ3) is 6.44. The van der Waals surface area contributed by atoms with E-state index in [1.165, 1.54) is 31.2 Å². The molecule has 2 rings (SSSR count). The normalized spacial score (nSPS) is 11.5. The first-order chi connectivity index (χ1) is 14.2. The van der Waals surface area contributed by atoms with E-state index >= 15 is 0 Å². The lowest BCUT2D eigenvalue weighted by atomic mass is 10.1. The molecule has 0 aromatic heterocycles. The summed E-state index contributed by atoms with van der Waals surface area (Å²) in [6.45, 7) is 4.78. The van der Waals surface area contributed by atoms with Gasteiger partial charge in [0.05, 0.1) is 5.56 Å². The van der Waals surface area contributed by atoms with Crippen LogP contribution in [0.25, 0.3) is 0 Å². The Morgan fingerprint density at radius 3 is 2.00 bits per heavy atom. The summed E-state index contributed by atoms with van der Waals surface area (Å²) in [6.07, 6.45) is -1.00. The summed E-state index contributed by atoms with van der Waals surface area (Å²) in [4.78, 5) is 47.2. The number of primary amides is 1. The maximum Gasteiger partial charge on any atom is 0.338 e. The van der Waals surface area contributed by atoms with Gasteiger partial charge in [0.1, 0.15) is 5.75 Å². The van der Waals surface area contributed by atoms with Crippen molar-refractivity contribution in [1.82, 2.24) is 0 Å². The average molecular weight is 412 g/mol. The number of Topliss-reactive ketones (excluding diaryl/α,β-unsaturated/α-hetero) is 1. The van der Waals surface area contributed by atoms with Crippen LogP contribution in [0.1, 0.15) is 41.5 Å². The molecule has 158 valence electrons. The highest BCUT2D eigenvalue weighted by atomic mass is 16.5. The van der Waals surface area contributed by atoms with Crippen molar-refractivity contribution < 1.29 is 28.7 Å². The number of amides is 2. The molecular weight excluding hydrogens is 388 g/mol. The number of nitrogens with two attached hydrogens (primary N) is 1. The number of hydrogen-bond donors (Lipinski definition) is 2. The Kier molecular flexibility index (Phi) is 7.69. The van der Waals surface area contributed by atoms with Crippen LogP contribution in [0.2, 0.25) is 0 Å². The second-order valence-corrected chi connectivity index (χ2v) is 6.91. The number of esters is 1. The van der Waals surface area contributed by atoms with Gasteiger partial charge in [-0.1, -0.05) is 13.8 Å². The van der Waals surface area contributed by atoms with Gasteiger partial charge in [-0.05, 0) is 55.5 Å². The van der Waals surface area contributed by atoms with Gasteiger partial charge >= 0.3 is 5.97 Å². The Labute approximate surface area is 174 Å². The van der Waals surface area contributed by atoms with Crippen LogP contribution < -0.4 is 15.8 Å². The highest BCUT2D eigenvalue weighted by Crippen LogP contribution is 2.16. The largest absolute Gasteiger partial charge is 0.484 e. The Balaban J connectivity index is 1.95. The van der Waals surface area contributed by atoms with Crippen molar-refractivity contribution in [3.63, 3.8) is 0 Å². The number of anilines is 1. The lowest BCUT2D eigenvalue weighted by Gasteiger charge is -2.13. The number of benzene rings is 2. The van der Waals surface area contributed by atoms with Crippen LogP contribution in [0.3, 0.4) is 0 Å². The quantitative estimate of drug-likeness (QED) is 0.482. The van der Waals surface area contributed by atoms with Crippen molar-refractivity contribution in [2.24, 2.45) is 11.7 Å². The summed E-state index contributed by atoms with van der Waals surface area (Å²) in [5.41, 5.74) is 6.16. The Morgan fingerprint density at radius 2 is 1.47 bits per heavy atom. The first-order valence-electron chi connectivity index (χ1n) is 9.34. The van der Waals surface area contributed by atoms with Crippen molar-refractivity contribution in [3.8, 4) is 5.75 Å². The summed E-state index contributed by atoms with van der Waals surface area (Å²) in [5, 5.41) is 2.74. The van der Waals surface area contributed by atoms with Crippen LogP contribution in [-0.4, -0.2) is 36.3 Å². The van der Waals surface area contributed by atoms with Crippen molar-refractivity contribution in [1.29, 1.82) is 0 Å². The molecule has 0 heterocycles. The topological polar surface area (TPSA) is 125 Å². The minimum absolute atomic E-state index is 0.123. The molecule has 0 aliphatic heterocycles. The zero-order chi connectivity index (χ0) is 22.3. The van der Waals surface area contributed by atoms with E-state index in [1.54, 1.807) is 38.1 Å². The minimum Gasteiger partial charge on any atom is -0.484 e. The van der Waals surface area contributed by atoms with Crippen molar-refractivity contribution >= 4 is 29.3 Å². The Morgan fingerprint density at radius 1 is 0.900 bits per heavy atom.